The molecular formula is C26H41NO23. The Bertz CT molecular complexity index is 1200. The lowest BCUT2D eigenvalue weighted by molar-refractivity contribution is -0.336. The predicted octanol–water partition coefficient (Wildman–Crippen LogP) is -9.31. The summed E-state index contributed by atoms with van der Waals surface area (Å²) in [6.07, 6.45) is -27.0. The number of aliphatic hydroxyl groups excluding tert-OH is 13. The highest BCUT2D eigenvalue weighted by atomic mass is 16.7. The molecule has 4 rings (SSSR count). The van der Waals surface area contributed by atoms with Crippen molar-refractivity contribution in [2.45, 2.75) is 111 Å². The maximum absolute atomic E-state index is 11.6. The van der Waals surface area contributed by atoms with Crippen molar-refractivity contribution in [1.29, 1.82) is 0 Å². The molecule has 3 saturated heterocycles. The smallest absolute Gasteiger partial charge is 0.378 e. The van der Waals surface area contributed by atoms with Gasteiger partial charge >= 0.3 is 11.9 Å². The molecule has 15 N–H and O–H groups in total. The number of cyclic esters (lactones) is 1. The lowest BCUT2D eigenvalue weighted by Gasteiger charge is -2.46. The summed E-state index contributed by atoms with van der Waals surface area (Å²) < 4.78 is 29.9. The Hall–Kier alpha value is -2.89. The molecule has 0 aromatic rings. The van der Waals surface area contributed by atoms with Crippen molar-refractivity contribution >= 4 is 17.8 Å². The third-order valence-electron chi connectivity index (χ3n) is 7.89. The van der Waals surface area contributed by atoms with Crippen LogP contribution in [0.4, 0.5) is 0 Å². The Labute approximate surface area is 280 Å². The standard InChI is InChI=1S/C14H23NO12.C12H18O11/c1-3(17)15-5-10(6(18)4(2-16)25-13(5)24)26-14-9(21)7(19)8(20)11(27-14)12(22)23;13-1-3(15)9-8(19)10(11(20)22-9)23-12-7(18)6(17)5(16)4(2-14)21-12/h4-11,13-14,16,18-21,24H,2H2,1H3,(H,15,17)(H,22,23);3-7,9,12-19H,1-2H2/t4-,5-,6-,7+,8+,9-,10-,11+,13-,14-;3-,4+,5+,6-,7+,9+,12-/m10/s1. The molecule has 4 heterocycles. The van der Waals surface area contributed by atoms with Crippen molar-refractivity contribution in [3.8, 4) is 0 Å². The molecule has 0 aliphatic carbocycles. The summed E-state index contributed by atoms with van der Waals surface area (Å²) in [4.78, 5) is 34.1. The molecule has 0 unspecified atom stereocenters. The maximum Gasteiger partial charge on any atom is 0.378 e. The summed E-state index contributed by atoms with van der Waals surface area (Å²) in [6.45, 7) is -1.11. The molecule has 17 atom stereocenters. The summed E-state index contributed by atoms with van der Waals surface area (Å²) in [5.41, 5.74) is 0. The van der Waals surface area contributed by atoms with Crippen molar-refractivity contribution in [3.63, 3.8) is 0 Å². The van der Waals surface area contributed by atoms with E-state index in [-0.39, 0.29) is 0 Å². The maximum atomic E-state index is 11.6. The van der Waals surface area contributed by atoms with Crippen LogP contribution in [0, 0.1) is 0 Å². The molecule has 0 aromatic carbocycles. The quantitative estimate of drug-likeness (QED) is 0.0926. The average molecular weight is 736 g/mol. The molecule has 0 spiro atoms. The van der Waals surface area contributed by atoms with E-state index in [1.165, 1.54) is 0 Å². The van der Waals surface area contributed by atoms with Crippen LogP contribution in [-0.4, -0.2) is 213 Å². The summed E-state index contributed by atoms with van der Waals surface area (Å²) in [6, 6.07) is -1.37. The van der Waals surface area contributed by atoms with E-state index in [1.807, 2.05) is 0 Å². The Morgan fingerprint density at radius 2 is 1.36 bits per heavy atom. The molecule has 0 aromatic heterocycles. The first-order chi connectivity index (χ1) is 23.4. The first-order valence-corrected chi connectivity index (χ1v) is 14.8. The summed E-state index contributed by atoms with van der Waals surface area (Å²) in [5.74, 6) is -5.06. The predicted molar refractivity (Wildman–Crippen MR) is 148 cm³/mol. The second-order valence-corrected chi connectivity index (χ2v) is 11.4. The van der Waals surface area contributed by atoms with E-state index < -0.39 is 153 Å². The third kappa shape index (κ3) is 8.94. The zero-order valence-corrected chi connectivity index (χ0v) is 25.9. The Morgan fingerprint density at radius 1 is 0.800 bits per heavy atom. The van der Waals surface area contributed by atoms with Gasteiger partial charge in [-0.25, -0.2) is 9.59 Å². The number of nitrogens with one attached hydrogen (secondary N) is 1. The Morgan fingerprint density at radius 3 is 1.90 bits per heavy atom. The van der Waals surface area contributed by atoms with Gasteiger partial charge in [0.2, 0.25) is 18.0 Å². The fourth-order valence-corrected chi connectivity index (χ4v) is 5.16. The molecule has 0 radical (unpaired) electrons. The monoisotopic (exact) mass is 735 g/mol. The topological polar surface area (TPSA) is 402 Å². The van der Waals surface area contributed by atoms with Gasteiger partial charge in [0.15, 0.2) is 30.5 Å². The summed E-state index contributed by atoms with van der Waals surface area (Å²) >= 11 is 0. The number of carbonyl (C=O) groups excluding carboxylic acids is 2. The number of aliphatic carboxylic acids is 1. The van der Waals surface area contributed by atoms with Crippen molar-refractivity contribution in [1.82, 2.24) is 5.32 Å². The van der Waals surface area contributed by atoms with E-state index in [2.05, 4.69) is 10.1 Å². The van der Waals surface area contributed by atoms with E-state index in [9.17, 15) is 70.6 Å². The number of esters is 1. The molecular weight excluding hydrogens is 694 g/mol. The molecule has 24 nitrogen and oxygen atoms in total. The number of carboxylic acids is 1. The highest BCUT2D eigenvalue weighted by Gasteiger charge is 2.53. The number of ether oxygens (including phenoxy) is 6. The number of aliphatic hydroxyl groups is 13. The SMILES string of the molecule is CC(=O)N[C@@H]1[C@@H](O[C@@H]2O[C@H](C(=O)O)[C@@H](O)[C@H](O)[C@H]2O)[C@H](O)[C@@H](CO)O[C@H]1O.O=C1O[C@H]([C@@H](O)CO)C(O)=C1O[C@@H]1O[C@H](CO)[C@@H](O)[C@H](O)[C@H]1O. The van der Waals surface area contributed by atoms with Crippen LogP contribution in [0.2, 0.25) is 0 Å². The van der Waals surface area contributed by atoms with Gasteiger partial charge in [-0.05, 0) is 0 Å². The van der Waals surface area contributed by atoms with E-state index in [1.54, 1.807) is 0 Å². The number of carbonyl (C=O) groups is 3. The van der Waals surface area contributed by atoms with Gasteiger partial charge in [-0.15, -0.1) is 0 Å². The fourth-order valence-electron chi connectivity index (χ4n) is 5.16. The van der Waals surface area contributed by atoms with E-state index >= 15 is 0 Å². The number of carboxylic acid groups (broad SMARTS) is 1. The van der Waals surface area contributed by atoms with E-state index in [4.69, 9.17) is 39.0 Å². The fraction of sp³-hybridized carbons (Fsp3) is 0.808. The second-order valence-electron chi connectivity index (χ2n) is 11.4. The molecule has 0 bridgehead atoms. The minimum absolute atomic E-state index is 0.630. The zero-order chi connectivity index (χ0) is 37.8. The number of amides is 1. The summed E-state index contributed by atoms with van der Waals surface area (Å²) in [5, 5.41) is 137. The largest absolute Gasteiger partial charge is 0.505 e. The molecule has 1 amide bonds. The molecule has 3 fully saturated rings. The van der Waals surface area contributed by atoms with Gasteiger partial charge in [0.1, 0.15) is 73.2 Å². The third-order valence-corrected chi connectivity index (χ3v) is 7.89. The Balaban J connectivity index is 0.000000274. The first-order valence-electron chi connectivity index (χ1n) is 14.8. The normalized spacial score (nSPS) is 42.5. The first kappa shape index (κ1) is 41.5. The van der Waals surface area contributed by atoms with Gasteiger partial charge in [0.25, 0.3) is 0 Å². The molecule has 4 aliphatic rings. The van der Waals surface area contributed by atoms with Crippen molar-refractivity contribution in [2.75, 3.05) is 19.8 Å². The second kappa shape index (κ2) is 17.6. The van der Waals surface area contributed by atoms with Crippen molar-refractivity contribution < 1.29 is 114 Å². The highest BCUT2D eigenvalue weighted by molar-refractivity contribution is 5.89. The number of hydrogen-bond acceptors (Lipinski definition) is 22. The molecule has 50 heavy (non-hydrogen) atoms. The van der Waals surface area contributed by atoms with Crippen LogP contribution < -0.4 is 5.32 Å². The van der Waals surface area contributed by atoms with Crippen LogP contribution in [0.1, 0.15) is 6.92 Å². The highest BCUT2D eigenvalue weighted by Crippen LogP contribution is 2.31. The van der Waals surface area contributed by atoms with Gasteiger partial charge < -0.3 is 105 Å². The van der Waals surface area contributed by atoms with Crippen LogP contribution in [-0.2, 0) is 42.8 Å². The minimum atomic E-state index is -1.95. The molecule has 0 saturated carbocycles. The lowest BCUT2D eigenvalue weighted by Crippen LogP contribution is -2.67. The van der Waals surface area contributed by atoms with Gasteiger partial charge in [0, 0.05) is 6.92 Å². The van der Waals surface area contributed by atoms with Crippen molar-refractivity contribution in [2.24, 2.45) is 0 Å². The average Bonchev–Trinajstić information content (AvgIpc) is 3.35. The van der Waals surface area contributed by atoms with Gasteiger partial charge in [-0.1, -0.05) is 0 Å². The number of rotatable bonds is 10. The van der Waals surface area contributed by atoms with Crippen LogP contribution in [0.5, 0.6) is 0 Å². The van der Waals surface area contributed by atoms with Gasteiger partial charge in [-0.2, -0.15) is 0 Å². The summed E-state index contributed by atoms with van der Waals surface area (Å²) in [7, 11) is 0. The van der Waals surface area contributed by atoms with Crippen LogP contribution in [0.3, 0.4) is 0 Å². The van der Waals surface area contributed by atoms with E-state index in [0.717, 1.165) is 6.92 Å². The van der Waals surface area contributed by atoms with Crippen LogP contribution in [0.25, 0.3) is 0 Å². The van der Waals surface area contributed by atoms with E-state index in [0.29, 0.717) is 0 Å². The Kier molecular flexibility index (Phi) is 14.6. The lowest BCUT2D eigenvalue weighted by atomic mass is 9.95. The van der Waals surface area contributed by atoms with Crippen molar-refractivity contribution in [3.05, 3.63) is 11.5 Å². The zero-order valence-electron chi connectivity index (χ0n) is 25.9. The van der Waals surface area contributed by atoms with Gasteiger partial charge in [0.05, 0.1) is 19.8 Å². The van der Waals surface area contributed by atoms with Crippen LogP contribution in [0.15, 0.2) is 11.5 Å². The molecule has 4 aliphatic heterocycles. The van der Waals surface area contributed by atoms with Crippen LogP contribution >= 0.6 is 0 Å². The van der Waals surface area contributed by atoms with Gasteiger partial charge in [-0.3, -0.25) is 4.79 Å². The number of hydrogen-bond donors (Lipinski definition) is 15. The molecule has 24 heteroatoms. The minimum Gasteiger partial charge on any atom is -0.505 e. The molecule has 288 valence electrons.